The molecule has 0 spiro atoms. The Bertz CT molecular complexity index is 492. The molecule has 2 heteroatoms. The lowest BCUT2D eigenvalue weighted by molar-refractivity contribution is 0.484. The summed E-state index contributed by atoms with van der Waals surface area (Å²) in [4.78, 5) is 2.15. The summed E-state index contributed by atoms with van der Waals surface area (Å²) < 4.78 is 12.8. The average Bonchev–Trinajstić information content (AvgIpc) is 2.38. The Balaban J connectivity index is 2.04. The number of rotatable bonds is 3. The molecule has 0 N–H and O–H groups in total. The van der Waals surface area contributed by atoms with Crippen molar-refractivity contribution in [3.05, 3.63) is 65.1 Å². The van der Waals surface area contributed by atoms with Crippen LogP contribution < -0.4 is 0 Å². The number of benzene rings is 1. The molecule has 18 heavy (non-hydrogen) atoms. The lowest BCUT2D eigenvalue weighted by Gasteiger charge is -2.20. The van der Waals surface area contributed by atoms with Gasteiger partial charge in [0.25, 0.3) is 0 Å². The normalized spacial score (nSPS) is 15.5. The van der Waals surface area contributed by atoms with E-state index in [1.165, 1.54) is 23.4 Å². The van der Waals surface area contributed by atoms with Crippen LogP contribution in [-0.4, -0.2) is 19.0 Å². The Labute approximate surface area is 108 Å². The summed E-state index contributed by atoms with van der Waals surface area (Å²) in [5.74, 6) is -0.192. The molecule has 0 fully saturated rings. The third kappa shape index (κ3) is 3.33. The Kier molecular flexibility index (Phi) is 3.98. The molecule has 1 aromatic rings. The minimum atomic E-state index is -0.192. The molecule has 0 bridgehead atoms. The van der Waals surface area contributed by atoms with E-state index >= 15 is 0 Å². The predicted molar refractivity (Wildman–Crippen MR) is 74.5 cm³/mol. The number of hydrogen-bond donors (Lipinski definition) is 0. The van der Waals surface area contributed by atoms with Crippen LogP contribution in [0.25, 0.3) is 6.08 Å². The lowest BCUT2D eigenvalue weighted by Crippen LogP contribution is -2.12. The Morgan fingerprint density at radius 2 is 1.72 bits per heavy atom. The number of nitrogens with zero attached hydrogens (tertiary/aromatic N) is 1. The molecule has 0 atom stereocenters. The quantitative estimate of drug-likeness (QED) is 0.775. The third-order valence-electron chi connectivity index (χ3n) is 3.09. The minimum absolute atomic E-state index is 0.192. The summed E-state index contributed by atoms with van der Waals surface area (Å²) in [6, 6.07) is 6.55. The first kappa shape index (κ1) is 12.6. The van der Waals surface area contributed by atoms with E-state index in [0.29, 0.717) is 0 Å². The number of halogens is 1. The van der Waals surface area contributed by atoms with Crippen LogP contribution in [0, 0.1) is 5.82 Å². The molecule has 1 aliphatic rings. The van der Waals surface area contributed by atoms with Crippen molar-refractivity contribution < 1.29 is 4.39 Å². The van der Waals surface area contributed by atoms with Gasteiger partial charge in [-0.05, 0) is 42.2 Å². The van der Waals surface area contributed by atoms with E-state index in [0.717, 1.165) is 18.4 Å². The first-order valence-corrected chi connectivity index (χ1v) is 6.16. The molecule has 94 valence electrons. The second-order valence-electron chi connectivity index (χ2n) is 4.68. The maximum atomic E-state index is 12.8. The van der Waals surface area contributed by atoms with Gasteiger partial charge in [-0.15, -0.1) is 0 Å². The molecule has 2 rings (SSSR count). The maximum Gasteiger partial charge on any atom is 0.123 e. The van der Waals surface area contributed by atoms with Crippen LogP contribution in [0.4, 0.5) is 4.39 Å². The van der Waals surface area contributed by atoms with Gasteiger partial charge < -0.3 is 4.90 Å². The largest absolute Gasteiger partial charge is 0.381 e. The topological polar surface area (TPSA) is 3.24 Å². The highest BCUT2D eigenvalue weighted by molar-refractivity contribution is 5.53. The van der Waals surface area contributed by atoms with Crippen molar-refractivity contribution in [3.63, 3.8) is 0 Å². The van der Waals surface area contributed by atoms with Crippen molar-refractivity contribution in [2.24, 2.45) is 0 Å². The van der Waals surface area contributed by atoms with Gasteiger partial charge in [-0.3, -0.25) is 0 Å². The highest BCUT2D eigenvalue weighted by Crippen LogP contribution is 2.21. The first-order valence-electron chi connectivity index (χ1n) is 6.16. The van der Waals surface area contributed by atoms with E-state index in [9.17, 15) is 4.39 Å². The molecule has 1 aliphatic carbocycles. The van der Waals surface area contributed by atoms with Crippen molar-refractivity contribution in [1.29, 1.82) is 0 Å². The number of allylic oxidation sites excluding steroid dienone is 5. The van der Waals surface area contributed by atoms with Gasteiger partial charge in [-0.1, -0.05) is 30.4 Å². The maximum absolute atomic E-state index is 12.8. The predicted octanol–water partition coefficient (Wildman–Crippen LogP) is 4.00. The van der Waals surface area contributed by atoms with Crippen molar-refractivity contribution >= 4 is 6.08 Å². The van der Waals surface area contributed by atoms with Gasteiger partial charge in [-0.2, -0.15) is 0 Å². The zero-order valence-electron chi connectivity index (χ0n) is 10.9. The van der Waals surface area contributed by atoms with Crippen molar-refractivity contribution in [3.8, 4) is 0 Å². The van der Waals surface area contributed by atoms with Gasteiger partial charge in [0, 0.05) is 19.8 Å². The Morgan fingerprint density at radius 3 is 2.28 bits per heavy atom. The molecule has 0 saturated heterocycles. The van der Waals surface area contributed by atoms with Crippen LogP contribution in [0.5, 0.6) is 0 Å². The van der Waals surface area contributed by atoms with Crippen molar-refractivity contribution in [2.75, 3.05) is 14.1 Å². The van der Waals surface area contributed by atoms with Crippen LogP contribution in [0.1, 0.15) is 18.4 Å². The standard InChI is InChI=1S/C16H18FN/c1-18(2)16-11-7-14(8-12-16)4-3-13-5-9-15(17)10-6-13/h3-7,9-11H,8,12H2,1-2H3/b4-3+. The fraction of sp³-hybridized carbons (Fsp3) is 0.250. The summed E-state index contributed by atoms with van der Waals surface area (Å²) in [6.45, 7) is 0. The van der Waals surface area contributed by atoms with Crippen LogP contribution in [0.3, 0.4) is 0 Å². The molecule has 0 aliphatic heterocycles. The monoisotopic (exact) mass is 243 g/mol. The molecule has 0 unspecified atom stereocenters. The van der Waals surface area contributed by atoms with Gasteiger partial charge in [0.05, 0.1) is 0 Å². The molecule has 0 heterocycles. The molecule has 0 aromatic heterocycles. The molecule has 1 aromatic carbocycles. The molecular weight excluding hydrogens is 225 g/mol. The molecule has 1 nitrogen and oxygen atoms in total. The van der Waals surface area contributed by atoms with Gasteiger partial charge >= 0.3 is 0 Å². The molecule has 0 amide bonds. The first-order chi connectivity index (χ1) is 8.65. The van der Waals surface area contributed by atoms with E-state index < -0.39 is 0 Å². The Hall–Kier alpha value is -1.83. The van der Waals surface area contributed by atoms with Crippen LogP contribution in [-0.2, 0) is 0 Å². The number of hydrogen-bond acceptors (Lipinski definition) is 1. The lowest BCUT2D eigenvalue weighted by atomic mass is 10.0. The minimum Gasteiger partial charge on any atom is -0.381 e. The third-order valence-corrected chi connectivity index (χ3v) is 3.09. The van der Waals surface area contributed by atoms with Crippen molar-refractivity contribution in [2.45, 2.75) is 12.8 Å². The summed E-state index contributed by atoms with van der Waals surface area (Å²) in [6.07, 6.45) is 10.6. The summed E-state index contributed by atoms with van der Waals surface area (Å²) >= 11 is 0. The SMILES string of the molecule is CN(C)C1=CC=C(/C=C/c2ccc(F)cc2)CC1. The van der Waals surface area contributed by atoms with Crippen LogP contribution >= 0.6 is 0 Å². The van der Waals surface area contributed by atoms with Crippen LogP contribution in [0.15, 0.2) is 53.8 Å². The van der Waals surface area contributed by atoms with E-state index in [1.807, 2.05) is 6.08 Å². The molecular formula is C16H18FN. The van der Waals surface area contributed by atoms with E-state index in [2.05, 4.69) is 37.2 Å². The fourth-order valence-corrected chi connectivity index (χ4v) is 1.93. The van der Waals surface area contributed by atoms with E-state index in [-0.39, 0.29) is 5.82 Å². The van der Waals surface area contributed by atoms with Crippen LogP contribution in [0.2, 0.25) is 0 Å². The highest BCUT2D eigenvalue weighted by Gasteiger charge is 2.05. The fourth-order valence-electron chi connectivity index (χ4n) is 1.93. The van der Waals surface area contributed by atoms with Gasteiger partial charge in [0.15, 0.2) is 0 Å². The smallest absolute Gasteiger partial charge is 0.123 e. The summed E-state index contributed by atoms with van der Waals surface area (Å²) in [7, 11) is 4.14. The second kappa shape index (κ2) is 5.67. The zero-order valence-corrected chi connectivity index (χ0v) is 10.9. The van der Waals surface area contributed by atoms with Gasteiger partial charge in [-0.25, -0.2) is 4.39 Å². The highest BCUT2D eigenvalue weighted by atomic mass is 19.1. The van der Waals surface area contributed by atoms with E-state index in [4.69, 9.17) is 0 Å². The van der Waals surface area contributed by atoms with Crippen molar-refractivity contribution in [1.82, 2.24) is 4.90 Å². The molecule has 0 radical (unpaired) electrons. The average molecular weight is 243 g/mol. The molecule has 0 saturated carbocycles. The van der Waals surface area contributed by atoms with E-state index in [1.54, 1.807) is 12.1 Å². The van der Waals surface area contributed by atoms with Gasteiger partial charge in [0.2, 0.25) is 0 Å². The van der Waals surface area contributed by atoms with Gasteiger partial charge in [0.1, 0.15) is 5.82 Å². The second-order valence-corrected chi connectivity index (χ2v) is 4.68. The summed E-state index contributed by atoms with van der Waals surface area (Å²) in [5, 5.41) is 0. The Morgan fingerprint density at radius 1 is 1.00 bits per heavy atom. The summed E-state index contributed by atoms with van der Waals surface area (Å²) in [5.41, 5.74) is 3.69. The zero-order chi connectivity index (χ0) is 13.0.